The number of fused-ring (bicyclic) bond motifs is 1. The zero-order valence-corrected chi connectivity index (χ0v) is 15.2. The molecule has 1 aromatic heterocycles. The maximum absolute atomic E-state index is 13.1. The molecular weight excluding hydrogens is 330 g/mol. The molecule has 7 nitrogen and oxygen atoms in total. The van der Waals surface area contributed by atoms with E-state index in [9.17, 15) is 4.79 Å². The second kappa shape index (κ2) is 6.64. The van der Waals surface area contributed by atoms with Crippen LogP contribution in [0.25, 0.3) is 0 Å². The fraction of sp³-hybridized carbons (Fsp3) is 0.474. The van der Waals surface area contributed by atoms with Crippen molar-refractivity contribution >= 4 is 11.7 Å². The standard InChI is InChI=1S/C19H25N5O2/c1-12-7-17(20)24(22-12)11-18(25)23-10-14-8-21-9-16(14)19(23)13-3-5-15(26-2)6-4-13/h3-7,14,16,19,21H,8-11,20H2,1-2H3/t14-,16-,19+/m0/s1. The van der Waals surface area contributed by atoms with Crippen molar-refractivity contribution in [2.75, 3.05) is 32.5 Å². The number of nitrogens with one attached hydrogen (secondary N) is 1. The Bertz CT molecular complexity index is 801. The van der Waals surface area contributed by atoms with Crippen LogP contribution in [0, 0.1) is 18.8 Å². The summed E-state index contributed by atoms with van der Waals surface area (Å²) in [4.78, 5) is 15.1. The second-order valence-corrected chi connectivity index (χ2v) is 7.21. The minimum Gasteiger partial charge on any atom is -0.497 e. The summed E-state index contributed by atoms with van der Waals surface area (Å²) in [6.45, 7) is 4.73. The minimum absolute atomic E-state index is 0.0648. The fourth-order valence-corrected chi connectivity index (χ4v) is 4.32. The van der Waals surface area contributed by atoms with Crippen LogP contribution in [0.5, 0.6) is 5.75 Å². The van der Waals surface area contributed by atoms with Crippen molar-refractivity contribution in [3.05, 3.63) is 41.6 Å². The monoisotopic (exact) mass is 355 g/mol. The number of nitrogens with two attached hydrogens (primary N) is 1. The molecule has 0 unspecified atom stereocenters. The molecule has 26 heavy (non-hydrogen) atoms. The summed E-state index contributed by atoms with van der Waals surface area (Å²) < 4.78 is 6.86. The maximum Gasteiger partial charge on any atom is 0.244 e. The second-order valence-electron chi connectivity index (χ2n) is 7.21. The third-order valence-corrected chi connectivity index (χ3v) is 5.56. The average molecular weight is 355 g/mol. The molecule has 0 saturated carbocycles. The first-order valence-corrected chi connectivity index (χ1v) is 9.01. The van der Waals surface area contributed by atoms with Gasteiger partial charge in [0.2, 0.25) is 5.91 Å². The van der Waals surface area contributed by atoms with Crippen LogP contribution in [-0.2, 0) is 11.3 Å². The van der Waals surface area contributed by atoms with E-state index in [-0.39, 0.29) is 18.5 Å². The van der Waals surface area contributed by atoms with E-state index < -0.39 is 0 Å². The first-order valence-electron chi connectivity index (χ1n) is 9.01. The number of amides is 1. The summed E-state index contributed by atoms with van der Waals surface area (Å²) in [5, 5.41) is 7.80. The van der Waals surface area contributed by atoms with Crippen molar-refractivity contribution in [3.8, 4) is 5.75 Å². The van der Waals surface area contributed by atoms with Gasteiger partial charge in [-0.1, -0.05) is 12.1 Å². The van der Waals surface area contributed by atoms with E-state index in [1.807, 2.05) is 24.0 Å². The smallest absolute Gasteiger partial charge is 0.244 e. The summed E-state index contributed by atoms with van der Waals surface area (Å²) in [5.41, 5.74) is 7.94. The number of rotatable bonds is 4. The number of aromatic nitrogens is 2. The lowest BCUT2D eigenvalue weighted by Crippen LogP contribution is -2.37. The van der Waals surface area contributed by atoms with Gasteiger partial charge in [-0.15, -0.1) is 0 Å². The molecular formula is C19H25N5O2. The van der Waals surface area contributed by atoms with Crippen molar-refractivity contribution in [2.24, 2.45) is 11.8 Å². The van der Waals surface area contributed by atoms with Gasteiger partial charge in [0.15, 0.2) is 0 Å². The molecule has 3 N–H and O–H groups in total. The van der Waals surface area contributed by atoms with Crippen LogP contribution >= 0.6 is 0 Å². The number of carbonyl (C=O) groups is 1. The molecule has 2 aliphatic heterocycles. The highest BCUT2D eigenvalue weighted by Gasteiger charge is 2.46. The molecule has 7 heteroatoms. The normalized spacial score (nSPS) is 24.7. The quantitative estimate of drug-likeness (QED) is 0.861. The summed E-state index contributed by atoms with van der Waals surface area (Å²) >= 11 is 0. The fourth-order valence-electron chi connectivity index (χ4n) is 4.32. The Morgan fingerprint density at radius 3 is 2.77 bits per heavy atom. The van der Waals surface area contributed by atoms with Gasteiger partial charge >= 0.3 is 0 Å². The average Bonchev–Trinajstić information content (AvgIpc) is 3.29. The van der Waals surface area contributed by atoms with Crippen LogP contribution < -0.4 is 15.8 Å². The molecule has 2 aromatic rings. The molecule has 0 aliphatic carbocycles. The zero-order valence-electron chi connectivity index (χ0n) is 15.2. The number of methoxy groups -OCH3 is 1. The Morgan fingerprint density at radius 2 is 2.12 bits per heavy atom. The molecule has 0 spiro atoms. The van der Waals surface area contributed by atoms with E-state index in [1.54, 1.807) is 17.9 Å². The van der Waals surface area contributed by atoms with Gasteiger partial charge in [0.1, 0.15) is 18.1 Å². The SMILES string of the molecule is COc1ccc([C@@H]2[C@H]3CNC[C@H]3CN2C(=O)Cn2nc(C)cc2N)cc1. The number of anilines is 1. The van der Waals surface area contributed by atoms with Gasteiger partial charge in [0.05, 0.1) is 18.8 Å². The lowest BCUT2D eigenvalue weighted by atomic mass is 9.89. The molecule has 0 bridgehead atoms. The lowest BCUT2D eigenvalue weighted by molar-refractivity contribution is -0.133. The number of ether oxygens (including phenoxy) is 1. The highest BCUT2D eigenvalue weighted by molar-refractivity contribution is 5.77. The van der Waals surface area contributed by atoms with Crippen molar-refractivity contribution < 1.29 is 9.53 Å². The van der Waals surface area contributed by atoms with Gasteiger partial charge in [-0.2, -0.15) is 5.10 Å². The Hall–Kier alpha value is -2.54. The topological polar surface area (TPSA) is 85.4 Å². The summed E-state index contributed by atoms with van der Waals surface area (Å²) in [6.07, 6.45) is 0. The predicted molar refractivity (Wildman–Crippen MR) is 98.7 cm³/mol. The zero-order chi connectivity index (χ0) is 18.3. The number of nitrogen functional groups attached to an aromatic ring is 1. The van der Waals surface area contributed by atoms with Gasteiger partial charge < -0.3 is 20.7 Å². The molecule has 3 heterocycles. The Morgan fingerprint density at radius 1 is 1.35 bits per heavy atom. The molecule has 2 fully saturated rings. The summed E-state index contributed by atoms with van der Waals surface area (Å²) in [5.74, 6) is 2.34. The highest BCUT2D eigenvalue weighted by atomic mass is 16.5. The molecule has 138 valence electrons. The van der Waals surface area contributed by atoms with Crippen LogP contribution in [0.1, 0.15) is 17.3 Å². The van der Waals surface area contributed by atoms with E-state index >= 15 is 0 Å². The van der Waals surface area contributed by atoms with Crippen molar-refractivity contribution in [2.45, 2.75) is 19.5 Å². The van der Waals surface area contributed by atoms with Gasteiger partial charge in [0.25, 0.3) is 0 Å². The molecule has 2 aliphatic rings. The molecule has 1 aromatic carbocycles. The number of carbonyl (C=O) groups excluding carboxylic acids is 1. The summed E-state index contributed by atoms with van der Waals surface area (Å²) in [6, 6.07) is 9.92. The largest absolute Gasteiger partial charge is 0.497 e. The van der Waals surface area contributed by atoms with Crippen LogP contribution in [0.15, 0.2) is 30.3 Å². The number of nitrogens with zero attached hydrogens (tertiary/aromatic N) is 3. The third-order valence-electron chi connectivity index (χ3n) is 5.56. The van der Waals surface area contributed by atoms with Gasteiger partial charge in [-0.3, -0.25) is 4.79 Å². The number of hydrogen-bond donors (Lipinski definition) is 2. The van der Waals surface area contributed by atoms with Crippen LogP contribution in [0.3, 0.4) is 0 Å². The maximum atomic E-state index is 13.1. The van der Waals surface area contributed by atoms with Crippen LogP contribution in [0.4, 0.5) is 5.82 Å². The minimum atomic E-state index is 0.0648. The van der Waals surface area contributed by atoms with E-state index in [0.717, 1.165) is 36.6 Å². The molecule has 2 saturated heterocycles. The molecule has 4 rings (SSSR count). The van der Waals surface area contributed by atoms with Gasteiger partial charge in [-0.05, 0) is 30.5 Å². The van der Waals surface area contributed by atoms with Gasteiger partial charge in [0, 0.05) is 31.6 Å². The molecule has 3 atom stereocenters. The first kappa shape index (κ1) is 16.9. The third kappa shape index (κ3) is 2.92. The Labute approximate surface area is 153 Å². The van der Waals surface area contributed by atoms with Crippen molar-refractivity contribution in [3.63, 3.8) is 0 Å². The van der Waals surface area contributed by atoms with E-state index in [4.69, 9.17) is 10.5 Å². The lowest BCUT2D eigenvalue weighted by Gasteiger charge is -2.28. The number of aryl methyl sites for hydroxylation is 1. The van der Waals surface area contributed by atoms with Crippen LogP contribution in [0.2, 0.25) is 0 Å². The summed E-state index contributed by atoms with van der Waals surface area (Å²) in [7, 11) is 1.66. The van der Waals surface area contributed by atoms with E-state index in [2.05, 4.69) is 22.5 Å². The van der Waals surface area contributed by atoms with Gasteiger partial charge in [-0.25, -0.2) is 4.68 Å². The molecule has 0 radical (unpaired) electrons. The molecule has 1 amide bonds. The highest BCUT2D eigenvalue weighted by Crippen LogP contribution is 2.43. The van der Waals surface area contributed by atoms with E-state index in [0.29, 0.717) is 17.7 Å². The number of likely N-dealkylation sites (tertiary alicyclic amines) is 1. The number of hydrogen-bond acceptors (Lipinski definition) is 5. The Balaban J connectivity index is 1.60. The van der Waals surface area contributed by atoms with Crippen molar-refractivity contribution in [1.29, 1.82) is 0 Å². The Kier molecular flexibility index (Phi) is 4.32. The first-order chi connectivity index (χ1) is 12.6. The van der Waals surface area contributed by atoms with Crippen LogP contribution in [-0.4, -0.2) is 47.3 Å². The predicted octanol–water partition coefficient (Wildman–Crippen LogP) is 1.20. The number of benzene rings is 1. The van der Waals surface area contributed by atoms with Crippen molar-refractivity contribution in [1.82, 2.24) is 20.0 Å². The van der Waals surface area contributed by atoms with E-state index in [1.165, 1.54) is 0 Å².